The van der Waals surface area contributed by atoms with Gasteiger partial charge < -0.3 is 4.42 Å². The number of fused-ring (bicyclic) bond motifs is 5. The fourth-order valence-electron chi connectivity index (χ4n) is 4.50. The lowest BCUT2D eigenvalue weighted by molar-refractivity contribution is -0.384. The quantitative estimate of drug-likeness (QED) is 0.251. The van der Waals surface area contributed by atoms with Crippen molar-refractivity contribution < 1.29 is 18.9 Å². The van der Waals surface area contributed by atoms with E-state index in [0.717, 1.165) is 11.4 Å². The second-order valence-electron chi connectivity index (χ2n) is 7.36. The third kappa shape index (κ3) is 2.71. The highest BCUT2D eigenvalue weighted by atomic mass is 35.5. The molecular weight excluding hydrogens is 398 g/mol. The molecule has 4 unspecified atom stereocenters. The zero-order valence-corrected chi connectivity index (χ0v) is 15.7. The van der Waals surface area contributed by atoms with Crippen molar-refractivity contribution in [2.24, 2.45) is 28.8 Å². The molecule has 2 heterocycles. The number of nitro benzene ring substituents is 1. The van der Waals surface area contributed by atoms with Gasteiger partial charge in [0.15, 0.2) is 0 Å². The van der Waals surface area contributed by atoms with E-state index in [9.17, 15) is 19.7 Å². The number of nitrogens with zero attached hydrogens (tertiary/aromatic N) is 3. The summed E-state index contributed by atoms with van der Waals surface area (Å²) in [5.74, 6) is -0.217. The van der Waals surface area contributed by atoms with Gasteiger partial charge in [0.25, 0.3) is 17.5 Å². The Hall–Kier alpha value is -3.26. The molecule has 9 heteroatoms. The van der Waals surface area contributed by atoms with E-state index < -0.39 is 4.92 Å². The van der Waals surface area contributed by atoms with Crippen molar-refractivity contribution >= 4 is 35.3 Å². The number of carbonyl (C=O) groups is 2. The van der Waals surface area contributed by atoms with E-state index in [1.807, 2.05) is 12.2 Å². The number of hydrogen-bond donors (Lipinski definition) is 0. The molecule has 3 aliphatic rings. The maximum absolute atomic E-state index is 12.6. The van der Waals surface area contributed by atoms with Crippen LogP contribution < -0.4 is 0 Å². The third-order valence-corrected chi connectivity index (χ3v) is 6.12. The summed E-state index contributed by atoms with van der Waals surface area (Å²) in [5, 5.41) is 16.1. The second kappa shape index (κ2) is 6.38. The van der Waals surface area contributed by atoms with Crippen molar-refractivity contribution in [3.63, 3.8) is 0 Å². The van der Waals surface area contributed by atoms with Gasteiger partial charge in [-0.25, -0.2) is 0 Å². The summed E-state index contributed by atoms with van der Waals surface area (Å²) in [4.78, 5) is 35.7. The van der Waals surface area contributed by atoms with Gasteiger partial charge in [-0.1, -0.05) is 23.8 Å². The average Bonchev–Trinajstić information content (AvgIpc) is 3.46. The number of nitro groups is 1. The summed E-state index contributed by atoms with van der Waals surface area (Å²) in [5.41, 5.74) is 0.255. The van der Waals surface area contributed by atoms with Crippen LogP contribution in [0.2, 0.25) is 5.02 Å². The molecule has 1 aromatic carbocycles. The van der Waals surface area contributed by atoms with Crippen molar-refractivity contribution in [3.8, 4) is 11.3 Å². The number of benzene rings is 1. The lowest BCUT2D eigenvalue weighted by Gasteiger charge is -2.13. The fourth-order valence-corrected chi connectivity index (χ4v) is 4.68. The molecule has 2 bridgehead atoms. The van der Waals surface area contributed by atoms with Crippen LogP contribution in [-0.4, -0.2) is 28.0 Å². The highest BCUT2D eigenvalue weighted by Gasteiger charge is 2.59. The van der Waals surface area contributed by atoms with Gasteiger partial charge in [-0.3, -0.25) is 19.7 Å². The highest BCUT2D eigenvalue weighted by Crippen LogP contribution is 2.52. The predicted octanol–water partition coefficient (Wildman–Crippen LogP) is 3.65. The molecule has 1 saturated heterocycles. The zero-order chi connectivity index (χ0) is 20.3. The molecule has 2 amide bonds. The molecule has 0 spiro atoms. The van der Waals surface area contributed by atoms with Gasteiger partial charge in [0.05, 0.1) is 23.0 Å². The first-order valence-corrected chi connectivity index (χ1v) is 9.46. The van der Waals surface area contributed by atoms with Gasteiger partial charge >= 0.3 is 0 Å². The number of carbonyl (C=O) groups excluding carboxylic acids is 2. The van der Waals surface area contributed by atoms with Crippen LogP contribution in [-0.2, 0) is 9.59 Å². The molecule has 146 valence electrons. The van der Waals surface area contributed by atoms with Gasteiger partial charge in [0.2, 0.25) is 0 Å². The number of halogens is 1. The SMILES string of the molecule is O=C1C2C3C=CC(C3)C2C(=O)N1N=Cc1ccc(-c2ccc(Cl)c([N+](=O)[O-])c2)o1. The minimum absolute atomic E-state index is 0.0344. The Bertz CT molecular complexity index is 1090. The lowest BCUT2D eigenvalue weighted by atomic mass is 9.85. The molecule has 29 heavy (non-hydrogen) atoms. The monoisotopic (exact) mass is 411 g/mol. The van der Waals surface area contributed by atoms with E-state index in [4.69, 9.17) is 16.0 Å². The number of imide groups is 1. The Morgan fingerprint density at radius 3 is 2.48 bits per heavy atom. The van der Waals surface area contributed by atoms with Crippen LogP contribution in [0.3, 0.4) is 0 Å². The number of hydrazone groups is 1. The molecule has 0 radical (unpaired) electrons. The minimum atomic E-state index is -0.569. The molecule has 5 rings (SSSR count). The van der Waals surface area contributed by atoms with Crippen molar-refractivity contribution in [1.82, 2.24) is 5.01 Å². The number of rotatable bonds is 4. The second-order valence-corrected chi connectivity index (χ2v) is 7.77. The first kappa shape index (κ1) is 17.8. The van der Waals surface area contributed by atoms with Crippen LogP contribution >= 0.6 is 11.6 Å². The average molecular weight is 412 g/mol. The molecule has 8 nitrogen and oxygen atoms in total. The molecule has 1 saturated carbocycles. The van der Waals surface area contributed by atoms with Crippen LogP contribution in [0.15, 0.2) is 52.0 Å². The van der Waals surface area contributed by atoms with Crippen LogP contribution in [0.25, 0.3) is 11.3 Å². The lowest BCUT2D eigenvalue weighted by Crippen LogP contribution is -2.28. The smallest absolute Gasteiger partial charge is 0.288 e. The standard InChI is InChI=1S/C20H14ClN3O5/c21-14-5-3-10(8-15(14)24(27)28)16-6-4-13(29-16)9-22-23-19(25)17-11-1-2-12(7-11)18(17)20(23)26/h1-6,8-9,11-12,17-18H,7H2. The van der Waals surface area contributed by atoms with Crippen LogP contribution in [0.1, 0.15) is 12.2 Å². The van der Waals surface area contributed by atoms with Crippen LogP contribution in [0, 0.1) is 33.8 Å². The summed E-state index contributed by atoms with van der Waals surface area (Å²) in [6.45, 7) is 0. The van der Waals surface area contributed by atoms with Gasteiger partial charge in [0.1, 0.15) is 16.5 Å². The first-order valence-electron chi connectivity index (χ1n) is 9.08. The minimum Gasteiger partial charge on any atom is -0.455 e. The summed E-state index contributed by atoms with van der Waals surface area (Å²) in [7, 11) is 0. The summed E-state index contributed by atoms with van der Waals surface area (Å²) in [6.07, 6.45) is 6.21. The highest BCUT2D eigenvalue weighted by molar-refractivity contribution is 6.32. The van der Waals surface area contributed by atoms with E-state index in [1.54, 1.807) is 18.2 Å². The maximum Gasteiger partial charge on any atom is 0.288 e. The predicted molar refractivity (Wildman–Crippen MR) is 103 cm³/mol. The summed E-state index contributed by atoms with van der Waals surface area (Å²) >= 11 is 5.83. The van der Waals surface area contributed by atoms with Gasteiger partial charge in [-0.05, 0) is 42.5 Å². The number of hydrogen-bond acceptors (Lipinski definition) is 6. The van der Waals surface area contributed by atoms with E-state index in [-0.39, 0.29) is 46.2 Å². The van der Waals surface area contributed by atoms with E-state index in [0.29, 0.717) is 17.1 Å². The Morgan fingerprint density at radius 2 is 1.83 bits per heavy atom. The Balaban J connectivity index is 1.37. The van der Waals surface area contributed by atoms with Gasteiger partial charge in [-0.2, -0.15) is 10.1 Å². The Kier molecular flexibility index (Phi) is 3.92. The number of amides is 2. The fraction of sp³-hybridized carbons (Fsp3) is 0.250. The number of allylic oxidation sites excluding steroid dienone is 2. The topological polar surface area (TPSA) is 106 Å². The van der Waals surface area contributed by atoms with E-state index >= 15 is 0 Å². The van der Waals surface area contributed by atoms with Crippen molar-refractivity contribution in [3.05, 3.63) is 63.4 Å². The van der Waals surface area contributed by atoms with Gasteiger partial charge in [0, 0.05) is 11.6 Å². The molecule has 0 N–H and O–H groups in total. The van der Waals surface area contributed by atoms with E-state index in [2.05, 4.69) is 5.10 Å². The zero-order valence-electron chi connectivity index (χ0n) is 14.9. The van der Waals surface area contributed by atoms with Crippen molar-refractivity contribution in [1.29, 1.82) is 0 Å². The molecule has 1 aromatic heterocycles. The molecule has 2 aliphatic carbocycles. The summed E-state index contributed by atoms with van der Waals surface area (Å²) < 4.78 is 5.65. The molecule has 2 aromatic rings. The molecular formula is C20H14ClN3O5. The molecule has 1 aliphatic heterocycles. The van der Waals surface area contributed by atoms with Crippen LogP contribution in [0.4, 0.5) is 5.69 Å². The van der Waals surface area contributed by atoms with Crippen molar-refractivity contribution in [2.45, 2.75) is 6.42 Å². The Morgan fingerprint density at radius 1 is 1.14 bits per heavy atom. The molecule has 4 atom stereocenters. The maximum atomic E-state index is 12.6. The number of furan rings is 1. The summed E-state index contributed by atoms with van der Waals surface area (Å²) in [6, 6.07) is 7.58. The van der Waals surface area contributed by atoms with Crippen molar-refractivity contribution in [2.75, 3.05) is 0 Å². The Labute approximate surface area is 169 Å². The third-order valence-electron chi connectivity index (χ3n) is 5.80. The van der Waals surface area contributed by atoms with E-state index in [1.165, 1.54) is 18.3 Å². The molecule has 2 fully saturated rings. The van der Waals surface area contributed by atoms with Crippen LogP contribution in [0.5, 0.6) is 0 Å². The normalized spacial score (nSPS) is 27.4. The first-order chi connectivity index (χ1) is 13.9. The van der Waals surface area contributed by atoms with Gasteiger partial charge in [-0.15, -0.1) is 0 Å². The largest absolute Gasteiger partial charge is 0.455 e.